The number of rotatable bonds is 0. The third-order valence-electron chi connectivity index (χ3n) is 1.32. The van der Waals surface area contributed by atoms with Gasteiger partial charge in [0.2, 0.25) is 5.95 Å². The number of fused-ring (bicyclic) bond motifs is 1. The quantitative estimate of drug-likeness (QED) is 0.758. The van der Waals surface area contributed by atoms with E-state index in [9.17, 15) is 0 Å². The average Bonchev–Trinajstić information content (AvgIpc) is 2.33. The van der Waals surface area contributed by atoms with Gasteiger partial charge in [0.25, 0.3) is 0 Å². The van der Waals surface area contributed by atoms with Crippen LogP contribution >= 0.6 is 27.5 Å². The number of hydrogen-bond acceptors (Lipinski definition) is 4. The van der Waals surface area contributed by atoms with Crippen molar-refractivity contribution in [3.63, 3.8) is 0 Å². The molecule has 0 fully saturated rings. The normalized spacial score (nSPS) is 10.8. The van der Waals surface area contributed by atoms with E-state index >= 15 is 0 Å². The minimum absolute atomic E-state index is 0.216. The van der Waals surface area contributed by atoms with Crippen molar-refractivity contribution >= 4 is 39.1 Å². The number of nitrogen functional groups attached to an aromatic ring is 1. The molecule has 0 aromatic carbocycles. The van der Waals surface area contributed by atoms with Gasteiger partial charge in [0.1, 0.15) is 0 Å². The maximum absolute atomic E-state index is 5.68. The molecule has 2 heterocycles. The van der Waals surface area contributed by atoms with Crippen molar-refractivity contribution < 1.29 is 0 Å². The summed E-state index contributed by atoms with van der Waals surface area (Å²) in [7, 11) is 0. The van der Waals surface area contributed by atoms with E-state index in [0.29, 0.717) is 15.3 Å². The first kappa shape index (κ1) is 7.75. The van der Waals surface area contributed by atoms with Gasteiger partial charge in [-0.25, -0.2) is 0 Å². The second-order valence-electron chi connectivity index (χ2n) is 2.11. The van der Waals surface area contributed by atoms with Gasteiger partial charge < -0.3 is 5.73 Å². The van der Waals surface area contributed by atoms with Crippen LogP contribution in [0.25, 0.3) is 5.65 Å². The van der Waals surface area contributed by atoms with E-state index in [0.717, 1.165) is 0 Å². The maximum Gasteiger partial charge on any atom is 0.243 e. The number of anilines is 1. The molecule has 0 radical (unpaired) electrons. The summed E-state index contributed by atoms with van der Waals surface area (Å²) < 4.78 is 2.08. The minimum Gasteiger partial charge on any atom is -0.366 e. The lowest BCUT2D eigenvalue weighted by Crippen LogP contribution is -1.98. The molecule has 7 heteroatoms. The van der Waals surface area contributed by atoms with Gasteiger partial charge in [0, 0.05) is 0 Å². The molecule has 2 aromatic heterocycles. The van der Waals surface area contributed by atoms with Crippen LogP contribution in [0, 0.1) is 0 Å². The molecule has 0 saturated heterocycles. The Morgan fingerprint density at radius 2 is 2.25 bits per heavy atom. The van der Waals surface area contributed by atoms with Gasteiger partial charge in [-0.1, -0.05) is 11.6 Å². The van der Waals surface area contributed by atoms with Crippen molar-refractivity contribution in [2.45, 2.75) is 0 Å². The predicted octanol–water partition coefficient (Wildman–Crippen LogP) is 1.12. The Morgan fingerprint density at radius 3 is 3.00 bits per heavy atom. The lowest BCUT2D eigenvalue weighted by molar-refractivity contribution is 0.937. The van der Waals surface area contributed by atoms with Crippen LogP contribution < -0.4 is 5.73 Å². The van der Waals surface area contributed by atoms with E-state index in [1.807, 2.05) is 0 Å². The molecule has 0 aliphatic carbocycles. The van der Waals surface area contributed by atoms with E-state index in [1.165, 1.54) is 4.52 Å². The summed E-state index contributed by atoms with van der Waals surface area (Å²) in [6.07, 6.45) is 0. The topological polar surface area (TPSA) is 69.1 Å². The Morgan fingerprint density at radius 1 is 1.50 bits per heavy atom. The first-order valence-corrected chi connectivity index (χ1v) is 4.18. The Hall–Kier alpha value is -0.880. The molecule has 62 valence electrons. The largest absolute Gasteiger partial charge is 0.366 e. The van der Waals surface area contributed by atoms with E-state index < -0.39 is 0 Å². The van der Waals surface area contributed by atoms with E-state index in [2.05, 4.69) is 31.2 Å². The zero-order valence-corrected chi connectivity index (χ0v) is 8.04. The van der Waals surface area contributed by atoms with Gasteiger partial charge in [-0.3, -0.25) is 0 Å². The lowest BCUT2D eigenvalue weighted by atomic mass is 10.6. The molecular weight excluding hydrogens is 245 g/mol. The van der Waals surface area contributed by atoms with Crippen LogP contribution in [0.15, 0.2) is 10.5 Å². The van der Waals surface area contributed by atoms with E-state index in [1.54, 1.807) is 6.07 Å². The monoisotopic (exact) mass is 247 g/mol. The van der Waals surface area contributed by atoms with Gasteiger partial charge in [-0.2, -0.15) is 9.61 Å². The fraction of sp³-hybridized carbons (Fsp3) is 0. The molecule has 5 nitrogen and oxygen atoms in total. The van der Waals surface area contributed by atoms with Crippen molar-refractivity contribution in [2.75, 3.05) is 5.73 Å². The summed E-state index contributed by atoms with van der Waals surface area (Å²) >= 11 is 8.94. The smallest absolute Gasteiger partial charge is 0.243 e. The third-order valence-corrected chi connectivity index (χ3v) is 2.09. The van der Waals surface area contributed by atoms with Gasteiger partial charge >= 0.3 is 0 Å². The van der Waals surface area contributed by atoms with Crippen LogP contribution in [0.3, 0.4) is 0 Å². The van der Waals surface area contributed by atoms with Crippen molar-refractivity contribution in [3.8, 4) is 0 Å². The highest BCUT2D eigenvalue weighted by molar-refractivity contribution is 9.10. The average molecular weight is 248 g/mol. The van der Waals surface area contributed by atoms with Gasteiger partial charge in [-0.15, -0.1) is 10.2 Å². The number of halogens is 2. The Bertz CT molecular complexity index is 439. The van der Waals surface area contributed by atoms with Gasteiger partial charge in [-0.05, 0) is 22.0 Å². The SMILES string of the molecule is Nc1nnc2c(Br)cc(Cl)nn12. The Kier molecular flexibility index (Phi) is 1.66. The maximum atomic E-state index is 5.68. The van der Waals surface area contributed by atoms with Crippen LogP contribution in [-0.4, -0.2) is 19.8 Å². The molecule has 0 aliphatic rings. The van der Waals surface area contributed by atoms with Crippen molar-refractivity contribution in [3.05, 3.63) is 15.7 Å². The summed E-state index contributed by atoms with van der Waals surface area (Å²) in [4.78, 5) is 0. The molecular formula is C5H3BrClN5. The molecule has 0 aliphatic heterocycles. The molecule has 2 rings (SSSR count). The highest BCUT2D eigenvalue weighted by Gasteiger charge is 2.07. The summed E-state index contributed by atoms with van der Waals surface area (Å²) in [5, 5.41) is 11.6. The fourth-order valence-electron chi connectivity index (χ4n) is 0.833. The van der Waals surface area contributed by atoms with Crippen LogP contribution in [0.2, 0.25) is 5.15 Å². The van der Waals surface area contributed by atoms with Gasteiger partial charge in [0.15, 0.2) is 10.8 Å². The summed E-state index contributed by atoms with van der Waals surface area (Å²) in [5.41, 5.74) is 6.01. The zero-order chi connectivity index (χ0) is 8.72. The number of hydrogen-bond donors (Lipinski definition) is 1. The molecule has 0 bridgehead atoms. The fourth-order valence-corrected chi connectivity index (χ4v) is 1.61. The molecule has 0 saturated carbocycles. The summed E-state index contributed by atoms with van der Waals surface area (Å²) in [6, 6.07) is 1.63. The predicted molar refractivity (Wildman–Crippen MR) is 47.9 cm³/mol. The molecule has 12 heavy (non-hydrogen) atoms. The second-order valence-corrected chi connectivity index (χ2v) is 3.35. The highest BCUT2D eigenvalue weighted by Crippen LogP contribution is 2.19. The lowest BCUT2D eigenvalue weighted by Gasteiger charge is -1.95. The standard InChI is InChI=1S/C5H3BrClN5/c6-2-1-3(7)11-12-4(2)9-10-5(12)8/h1H,(H2,8,10). The Labute approximate surface area is 80.7 Å². The number of nitrogens with zero attached hydrogens (tertiary/aromatic N) is 4. The van der Waals surface area contributed by atoms with Crippen LogP contribution in [0.4, 0.5) is 5.95 Å². The molecule has 0 amide bonds. The summed E-state index contributed by atoms with van der Waals surface area (Å²) in [5.74, 6) is 0.216. The van der Waals surface area contributed by atoms with Crippen LogP contribution in [0.5, 0.6) is 0 Å². The molecule has 2 aromatic rings. The first-order chi connectivity index (χ1) is 5.68. The summed E-state index contributed by atoms with van der Waals surface area (Å²) in [6.45, 7) is 0. The molecule has 0 unspecified atom stereocenters. The van der Waals surface area contributed by atoms with Crippen LogP contribution in [-0.2, 0) is 0 Å². The Balaban J connectivity index is 2.92. The van der Waals surface area contributed by atoms with Crippen molar-refractivity contribution in [1.29, 1.82) is 0 Å². The van der Waals surface area contributed by atoms with Gasteiger partial charge in [0.05, 0.1) is 4.47 Å². The number of aromatic nitrogens is 4. The second kappa shape index (κ2) is 2.56. The zero-order valence-electron chi connectivity index (χ0n) is 5.70. The van der Waals surface area contributed by atoms with Crippen molar-refractivity contribution in [1.82, 2.24) is 19.8 Å². The van der Waals surface area contributed by atoms with E-state index in [-0.39, 0.29) is 5.95 Å². The van der Waals surface area contributed by atoms with Crippen molar-refractivity contribution in [2.24, 2.45) is 0 Å². The minimum atomic E-state index is 0.216. The number of nitrogens with two attached hydrogens (primary N) is 1. The van der Waals surface area contributed by atoms with Crippen LogP contribution in [0.1, 0.15) is 0 Å². The molecule has 0 atom stereocenters. The highest BCUT2D eigenvalue weighted by atomic mass is 79.9. The third kappa shape index (κ3) is 1.03. The molecule has 2 N–H and O–H groups in total. The first-order valence-electron chi connectivity index (χ1n) is 3.01. The molecule has 0 spiro atoms. The van der Waals surface area contributed by atoms with E-state index in [4.69, 9.17) is 17.3 Å².